The molecule has 162 valence electrons. The Labute approximate surface area is 184 Å². The Bertz CT molecular complexity index is 892. The molecule has 1 aliphatic carbocycles. The Kier molecular flexibility index (Phi) is 6.79. The maximum Gasteiger partial charge on any atom is 0.324 e. The minimum atomic E-state index is -1.45. The van der Waals surface area contributed by atoms with E-state index in [4.69, 9.17) is 9.47 Å². The van der Waals surface area contributed by atoms with Crippen LogP contribution in [0.15, 0.2) is 85.5 Å². The number of esters is 2. The van der Waals surface area contributed by atoms with Gasteiger partial charge in [0.25, 0.3) is 0 Å². The van der Waals surface area contributed by atoms with Gasteiger partial charge in [0.1, 0.15) is 13.2 Å². The van der Waals surface area contributed by atoms with E-state index in [-0.39, 0.29) is 13.2 Å². The molecule has 31 heavy (non-hydrogen) atoms. The molecule has 0 unspecified atom stereocenters. The van der Waals surface area contributed by atoms with Gasteiger partial charge in [-0.25, -0.2) is 0 Å². The summed E-state index contributed by atoms with van der Waals surface area (Å²) >= 11 is 0. The van der Waals surface area contributed by atoms with Crippen LogP contribution in [0.25, 0.3) is 0 Å². The van der Waals surface area contributed by atoms with Crippen LogP contribution in [0.1, 0.15) is 37.8 Å². The van der Waals surface area contributed by atoms with Crippen molar-refractivity contribution >= 4 is 11.9 Å². The van der Waals surface area contributed by atoms with Crippen LogP contribution in [0, 0.1) is 16.7 Å². The quantitative estimate of drug-likeness (QED) is 0.316. The number of allylic oxidation sites excluding steroid dienone is 2. The van der Waals surface area contributed by atoms with E-state index in [1.54, 1.807) is 6.08 Å². The molecule has 0 saturated heterocycles. The van der Waals surface area contributed by atoms with Crippen LogP contribution in [0.4, 0.5) is 0 Å². The van der Waals surface area contributed by atoms with Gasteiger partial charge < -0.3 is 9.47 Å². The molecular weight excluding hydrogens is 388 g/mol. The highest BCUT2D eigenvalue weighted by atomic mass is 16.6. The summed E-state index contributed by atoms with van der Waals surface area (Å²) in [6.45, 7) is 12.2. The molecule has 0 amide bonds. The van der Waals surface area contributed by atoms with E-state index in [0.29, 0.717) is 12.8 Å². The van der Waals surface area contributed by atoms with Crippen molar-refractivity contribution in [2.45, 2.75) is 39.9 Å². The molecule has 1 saturated carbocycles. The summed E-state index contributed by atoms with van der Waals surface area (Å²) in [5, 5.41) is 0. The van der Waals surface area contributed by atoms with E-state index in [0.717, 1.165) is 16.7 Å². The van der Waals surface area contributed by atoms with Crippen LogP contribution < -0.4 is 0 Å². The molecule has 3 rings (SSSR count). The molecule has 4 heteroatoms. The highest BCUT2D eigenvalue weighted by Crippen LogP contribution is 2.59. The smallest absolute Gasteiger partial charge is 0.324 e. The number of hydrogen-bond donors (Lipinski definition) is 0. The molecule has 0 bridgehead atoms. The number of ether oxygens (including phenoxy) is 2. The minimum Gasteiger partial charge on any atom is -0.460 e. The zero-order chi connectivity index (χ0) is 22.5. The average Bonchev–Trinajstić information content (AvgIpc) is 3.12. The highest BCUT2D eigenvalue weighted by molar-refractivity contribution is 6.01. The van der Waals surface area contributed by atoms with Crippen molar-refractivity contribution in [2.24, 2.45) is 16.7 Å². The average molecular weight is 419 g/mol. The Balaban J connectivity index is 1.89. The topological polar surface area (TPSA) is 52.6 Å². The highest BCUT2D eigenvalue weighted by Gasteiger charge is 2.64. The van der Waals surface area contributed by atoms with Crippen LogP contribution in [-0.4, -0.2) is 11.9 Å². The first-order valence-corrected chi connectivity index (χ1v) is 10.6. The number of rotatable bonds is 8. The first kappa shape index (κ1) is 22.5. The molecule has 2 atom stereocenters. The monoisotopic (exact) mass is 418 g/mol. The lowest BCUT2D eigenvalue weighted by atomic mass is 9.67. The molecule has 0 N–H and O–H groups in total. The third-order valence-electron chi connectivity index (χ3n) is 6.62. The number of carbonyl (C=O) groups excluding carboxylic acids is 2. The van der Waals surface area contributed by atoms with Crippen LogP contribution in [0.2, 0.25) is 0 Å². The van der Waals surface area contributed by atoms with E-state index in [1.807, 2.05) is 74.5 Å². The summed E-state index contributed by atoms with van der Waals surface area (Å²) in [6, 6.07) is 18.8. The fourth-order valence-electron chi connectivity index (χ4n) is 4.50. The molecule has 1 fully saturated rings. The largest absolute Gasteiger partial charge is 0.460 e. The normalized spacial score (nSPS) is 21.8. The van der Waals surface area contributed by atoms with E-state index < -0.39 is 28.7 Å². The second-order valence-corrected chi connectivity index (χ2v) is 8.51. The third-order valence-corrected chi connectivity index (χ3v) is 6.62. The summed E-state index contributed by atoms with van der Waals surface area (Å²) in [5.41, 5.74) is 0.739. The molecule has 4 nitrogen and oxygen atoms in total. The molecule has 2 aromatic rings. The second kappa shape index (κ2) is 9.34. The maximum absolute atomic E-state index is 13.5. The summed E-state index contributed by atoms with van der Waals surface area (Å²) in [7, 11) is 0. The van der Waals surface area contributed by atoms with Crippen molar-refractivity contribution < 1.29 is 19.1 Å². The third kappa shape index (κ3) is 4.34. The first-order chi connectivity index (χ1) is 14.8. The number of hydrogen-bond acceptors (Lipinski definition) is 4. The molecule has 2 aromatic carbocycles. The van der Waals surface area contributed by atoms with Crippen LogP contribution >= 0.6 is 0 Å². The molecule has 0 aromatic heterocycles. The van der Waals surface area contributed by atoms with Crippen molar-refractivity contribution in [3.05, 3.63) is 96.6 Å². The Hall–Kier alpha value is -3.14. The summed E-state index contributed by atoms with van der Waals surface area (Å²) in [6.07, 6.45) is 2.64. The number of benzene rings is 2. The first-order valence-electron chi connectivity index (χ1n) is 10.6. The van der Waals surface area contributed by atoms with Gasteiger partial charge in [0, 0.05) is 5.92 Å². The van der Waals surface area contributed by atoms with E-state index in [2.05, 4.69) is 13.2 Å². The molecule has 0 heterocycles. The molecule has 1 aliphatic rings. The molecule has 0 radical (unpaired) electrons. The van der Waals surface area contributed by atoms with Gasteiger partial charge in [-0.05, 0) is 36.3 Å². The van der Waals surface area contributed by atoms with E-state index >= 15 is 0 Å². The standard InChI is InChI=1S/C27H30O4/c1-5-23-26(4,20(2)3)16-17-27(23,24(28)30-18-21-12-8-6-9-13-21)25(29)31-19-22-14-10-7-11-15-22/h5-15,23H,1-2,16-19H2,3-4H3/t23-,26+/m1/s1. The lowest BCUT2D eigenvalue weighted by Gasteiger charge is -2.37. The van der Waals surface area contributed by atoms with Crippen molar-refractivity contribution in [1.29, 1.82) is 0 Å². The fourth-order valence-corrected chi connectivity index (χ4v) is 4.50. The predicted molar refractivity (Wildman–Crippen MR) is 121 cm³/mol. The Morgan fingerprint density at radius 3 is 1.77 bits per heavy atom. The summed E-state index contributed by atoms with van der Waals surface area (Å²) < 4.78 is 11.4. The fraction of sp³-hybridized carbons (Fsp3) is 0.333. The Morgan fingerprint density at radius 2 is 1.39 bits per heavy atom. The van der Waals surface area contributed by atoms with Crippen LogP contribution in [0.3, 0.4) is 0 Å². The molecular formula is C27H30O4. The summed E-state index contributed by atoms with van der Waals surface area (Å²) in [4.78, 5) is 26.9. The van der Waals surface area contributed by atoms with Crippen LogP contribution in [-0.2, 0) is 32.3 Å². The van der Waals surface area contributed by atoms with Gasteiger partial charge in [0.05, 0.1) is 0 Å². The van der Waals surface area contributed by atoms with Gasteiger partial charge in [-0.2, -0.15) is 0 Å². The molecule has 0 spiro atoms. The summed E-state index contributed by atoms with van der Waals surface area (Å²) in [5.74, 6) is -1.60. The van der Waals surface area contributed by atoms with Crippen molar-refractivity contribution in [2.75, 3.05) is 0 Å². The van der Waals surface area contributed by atoms with Gasteiger partial charge >= 0.3 is 11.9 Å². The lowest BCUT2D eigenvalue weighted by molar-refractivity contribution is -0.177. The zero-order valence-electron chi connectivity index (χ0n) is 18.3. The van der Waals surface area contributed by atoms with Gasteiger partial charge in [0.2, 0.25) is 0 Å². The van der Waals surface area contributed by atoms with Gasteiger partial charge in [0.15, 0.2) is 5.41 Å². The second-order valence-electron chi connectivity index (χ2n) is 8.51. The van der Waals surface area contributed by atoms with Gasteiger partial charge in [-0.1, -0.05) is 85.8 Å². The van der Waals surface area contributed by atoms with Gasteiger partial charge in [-0.15, -0.1) is 6.58 Å². The molecule has 0 aliphatic heterocycles. The lowest BCUT2D eigenvalue weighted by Crippen LogP contribution is -2.47. The zero-order valence-corrected chi connectivity index (χ0v) is 18.3. The number of carbonyl (C=O) groups is 2. The van der Waals surface area contributed by atoms with Gasteiger partial charge in [-0.3, -0.25) is 9.59 Å². The van der Waals surface area contributed by atoms with Crippen LogP contribution in [0.5, 0.6) is 0 Å². The van der Waals surface area contributed by atoms with Crippen molar-refractivity contribution in [3.63, 3.8) is 0 Å². The maximum atomic E-state index is 13.5. The predicted octanol–water partition coefficient (Wildman–Crippen LogP) is 5.64. The minimum absolute atomic E-state index is 0.0983. The van der Waals surface area contributed by atoms with E-state index in [9.17, 15) is 9.59 Å². The Morgan fingerprint density at radius 1 is 0.935 bits per heavy atom. The van der Waals surface area contributed by atoms with Crippen molar-refractivity contribution in [3.8, 4) is 0 Å². The van der Waals surface area contributed by atoms with Crippen molar-refractivity contribution in [1.82, 2.24) is 0 Å². The SMILES string of the molecule is C=C[C@H]1C(C(=O)OCc2ccccc2)(C(=O)OCc2ccccc2)CC[C@@]1(C)C(=C)C. The van der Waals surface area contributed by atoms with E-state index in [1.165, 1.54) is 0 Å².